The molecule has 6 rings (SSSR count). The number of fused-ring (bicyclic) bond motifs is 4. The van der Waals surface area contributed by atoms with Crippen LogP contribution < -0.4 is 14.4 Å². The van der Waals surface area contributed by atoms with E-state index in [1.807, 2.05) is 19.9 Å². The van der Waals surface area contributed by atoms with E-state index in [1.165, 1.54) is 11.1 Å². The fourth-order valence-corrected chi connectivity index (χ4v) is 9.26. The average molecular weight is 599 g/mol. The first kappa shape index (κ1) is 28.5. The van der Waals surface area contributed by atoms with Crippen molar-refractivity contribution in [3.8, 4) is 5.75 Å². The quantitative estimate of drug-likeness (QED) is 0.428. The van der Waals surface area contributed by atoms with Crippen LogP contribution in [0.3, 0.4) is 0 Å². The fraction of sp³-hybridized carbons (Fsp3) is 0.562. The van der Waals surface area contributed by atoms with Gasteiger partial charge in [-0.25, -0.2) is 13.1 Å². The Bertz CT molecular complexity index is 1480. The number of Topliss-reactive ketones (excluding diaryl/α,β-unsaturated/α-hetero) is 1. The third-order valence-electron chi connectivity index (χ3n) is 9.69. The van der Waals surface area contributed by atoms with Gasteiger partial charge >= 0.3 is 0 Å². The van der Waals surface area contributed by atoms with Gasteiger partial charge < -0.3 is 9.64 Å². The van der Waals surface area contributed by atoms with Crippen molar-refractivity contribution in [2.75, 3.05) is 30.3 Å². The number of amides is 1. The van der Waals surface area contributed by atoms with Crippen LogP contribution in [0.2, 0.25) is 5.02 Å². The summed E-state index contributed by atoms with van der Waals surface area (Å²) in [5.74, 6) is 0.324. The minimum Gasteiger partial charge on any atom is -0.490 e. The number of ether oxygens (including phenoxy) is 1. The van der Waals surface area contributed by atoms with Gasteiger partial charge in [-0.3, -0.25) is 9.59 Å². The predicted octanol–water partition coefficient (Wildman–Crippen LogP) is 5.53. The summed E-state index contributed by atoms with van der Waals surface area (Å²) in [4.78, 5) is 29.0. The summed E-state index contributed by atoms with van der Waals surface area (Å²) in [5, 5.41) is 0.730. The molecule has 5 atom stereocenters. The molecule has 1 amide bonds. The van der Waals surface area contributed by atoms with Crippen molar-refractivity contribution >= 4 is 39.0 Å². The van der Waals surface area contributed by atoms with Crippen LogP contribution in [-0.2, 0) is 26.7 Å². The van der Waals surface area contributed by atoms with Crippen LogP contribution in [-0.4, -0.2) is 45.6 Å². The van der Waals surface area contributed by atoms with E-state index in [9.17, 15) is 18.0 Å². The van der Waals surface area contributed by atoms with Crippen molar-refractivity contribution in [3.05, 3.63) is 58.1 Å². The Kier molecular flexibility index (Phi) is 7.60. The third-order valence-corrected chi connectivity index (χ3v) is 11.4. The molecule has 220 valence electrons. The number of hydrogen-bond donors (Lipinski definition) is 1. The summed E-state index contributed by atoms with van der Waals surface area (Å²) in [7, 11) is -3.84. The summed E-state index contributed by atoms with van der Waals surface area (Å²) in [5.41, 5.74) is 3.29. The zero-order valence-corrected chi connectivity index (χ0v) is 25.4. The van der Waals surface area contributed by atoms with Gasteiger partial charge in [-0.2, -0.15) is 0 Å². The van der Waals surface area contributed by atoms with Gasteiger partial charge in [0.2, 0.25) is 10.0 Å². The Labute approximate surface area is 248 Å². The van der Waals surface area contributed by atoms with E-state index in [-0.39, 0.29) is 46.2 Å². The van der Waals surface area contributed by atoms with Crippen molar-refractivity contribution in [1.29, 1.82) is 0 Å². The van der Waals surface area contributed by atoms with Crippen LogP contribution in [0.4, 0.5) is 5.69 Å². The monoisotopic (exact) mass is 598 g/mol. The highest BCUT2D eigenvalue weighted by Crippen LogP contribution is 2.46. The molecule has 2 bridgehead atoms. The summed E-state index contributed by atoms with van der Waals surface area (Å²) < 4.78 is 34.6. The first-order valence-electron chi connectivity index (χ1n) is 14.9. The molecule has 2 aromatic carbocycles. The highest BCUT2D eigenvalue weighted by atomic mass is 35.5. The topological polar surface area (TPSA) is 92.8 Å². The lowest BCUT2D eigenvalue weighted by atomic mass is 9.68. The number of aryl methyl sites for hydroxylation is 1. The van der Waals surface area contributed by atoms with Gasteiger partial charge in [0.05, 0.1) is 18.0 Å². The van der Waals surface area contributed by atoms with Crippen LogP contribution in [0, 0.1) is 23.7 Å². The number of hydrogen-bond acceptors (Lipinski definition) is 6. The maximum absolute atomic E-state index is 13.4. The molecule has 0 radical (unpaired) electrons. The smallest absolute Gasteiger partial charge is 0.264 e. The lowest BCUT2D eigenvalue weighted by Crippen LogP contribution is -2.49. The number of halogens is 1. The molecule has 41 heavy (non-hydrogen) atoms. The van der Waals surface area contributed by atoms with Gasteiger partial charge in [-0.15, -0.1) is 0 Å². The number of carbonyl (C=O) groups is 2. The Hall–Kier alpha value is -2.58. The van der Waals surface area contributed by atoms with E-state index < -0.39 is 15.9 Å². The third kappa shape index (κ3) is 5.74. The molecule has 4 aliphatic rings. The van der Waals surface area contributed by atoms with Crippen LogP contribution >= 0.6 is 11.6 Å². The van der Waals surface area contributed by atoms with Gasteiger partial charge in [0.15, 0.2) is 0 Å². The Morgan fingerprint density at radius 3 is 2.68 bits per heavy atom. The van der Waals surface area contributed by atoms with Gasteiger partial charge in [0.1, 0.15) is 11.5 Å². The van der Waals surface area contributed by atoms with Gasteiger partial charge in [-0.1, -0.05) is 31.5 Å². The number of rotatable bonds is 0. The van der Waals surface area contributed by atoms with Crippen LogP contribution in [0.15, 0.2) is 36.4 Å². The van der Waals surface area contributed by atoms with Crippen molar-refractivity contribution in [2.45, 2.75) is 64.2 Å². The highest BCUT2D eigenvalue weighted by Gasteiger charge is 2.44. The summed E-state index contributed by atoms with van der Waals surface area (Å²) in [6.45, 7) is 5.75. The van der Waals surface area contributed by atoms with E-state index in [0.717, 1.165) is 42.8 Å². The lowest BCUT2D eigenvalue weighted by Gasteiger charge is -2.44. The second-order valence-electron chi connectivity index (χ2n) is 13.1. The Morgan fingerprint density at radius 1 is 1.07 bits per heavy atom. The molecule has 0 saturated heterocycles. The number of anilines is 1. The fourth-order valence-electron chi connectivity index (χ4n) is 7.70. The van der Waals surface area contributed by atoms with Crippen LogP contribution in [0.1, 0.15) is 73.9 Å². The summed E-state index contributed by atoms with van der Waals surface area (Å²) in [6.07, 6.45) is 5.91. The Morgan fingerprint density at radius 2 is 1.90 bits per heavy atom. The molecule has 2 heterocycles. The summed E-state index contributed by atoms with van der Waals surface area (Å²) in [6, 6.07) is 11.3. The number of benzene rings is 2. The lowest BCUT2D eigenvalue weighted by molar-refractivity contribution is -0.128. The minimum atomic E-state index is -3.84. The molecule has 1 saturated carbocycles. The van der Waals surface area contributed by atoms with E-state index in [1.54, 1.807) is 18.2 Å². The van der Waals surface area contributed by atoms with Crippen molar-refractivity contribution in [1.82, 2.24) is 4.72 Å². The minimum absolute atomic E-state index is 0.0110. The molecule has 2 aliphatic carbocycles. The van der Waals surface area contributed by atoms with Crippen molar-refractivity contribution in [3.63, 3.8) is 0 Å². The maximum atomic E-state index is 13.4. The second-order valence-corrected chi connectivity index (χ2v) is 15.3. The van der Waals surface area contributed by atoms with E-state index in [2.05, 4.69) is 21.8 Å². The second kappa shape index (κ2) is 10.9. The molecular weight excluding hydrogens is 560 g/mol. The molecule has 2 aromatic rings. The van der Waals surface area contributed by atoms with Gasteiger partial charge in [-0.05, 0) is 97.7 Å². The van der Waals surface area contributed by atoms with Crippen LogP contribution in [0.25, 0.3) is 0 Å². The molecule has 0 unspecified atom stereocenters. The molecular formula is C32H39ClN2O5S. The Balaban J connectivity index is 1.41. The molecule has 1 spiro atoms. The van der Waals surface area contributed by atoms with E-state index >= 15 is 0 Å². The molecule has 2 aliphatic heterocycles. The highest BCUT2D eigenvalue weighted by molar-refractivity contribution is 7.90. The number of nitrogens with zero attached hydrogens (tertiary/aromatic N) is 1. The standard InChI is InChI=1S/C32H39ClN2O5S/c1-20-12-21(2)17-41(38,39)34-31(37)23-6-10-30-28(15-23)35(16-24-5-8-26(24)29(36)13-20)18-32(19-40-30)11-3-4-22-14-25(33)7-9-27(22)32/h6-7,9-10,14-15,20-21,24,26H,3-5,8,11-13,16-19H2,1-2H3,(H,34,37)/t20-,21+,24+,26-,32+/m1/s1. The zero-order valence-electron chi connectivity index (χ0n) is 23.8. The normalized spacial score (nSPS) is 31.6. The zero-order chi connectivity index (χ0) is 28.9. The van der Waals surface area contributed by atoms with E-state index in [0.29, 0.717) is 38.3 Å². The molecule has 7 nitrogen and oxygen atoms in total. The number of sulfonamides is 1. The van der Waals surface area contributed by atoms with Gasteiger partial charge in [0.25, 0.3) is 5.91 Å². The summed E-state index contributed by atoms with van der Waals surface area (Å²) >= 11 is 6.38. The predicted molar refractivity (Wildman–Crippen MR) is 160 cm³/mol. The molecule has 9 heteroatoms. The number of carbonyl (C=O) groups excluding carboxylic acids is 2. The first-order chi connectivity index (χ1) is 19.5. The molecule has 0 aromatic heterocycles. The van der Waals surface area contributed by atoms with Crippen LogP contribution in [0.5, 0.6) is 5.75 Å². The van der Waals surface area contributed by atoms with E-state index in [4.69, 9.17) is 16.3 Å². The first-order valence-corrected chi connectivity index (χ1v) is 16.9. The molecule has 1 N–H and O–H groups in total. The molecule has 1 fully saturated rings. The number of ketones is 1. The van der Waals surface area contributed by atoms with Crippen molar-refractivity contribution < 1.29 is 22.7 Å². The SMILES string of the molecule is C[C@H]1CC(=O)[C@@H]2CC[C@H]2CN2C[C@@]3(CCCc4cc(Cl)ccc43)COc3ccc(cc32)C(=O)NS(=O)(=O)C[C@@H](C)C1. The van der Waals surface area contributed by atoms with Gasteiger partial charge in [0, 0.05) is 41.4 Å². The van der Waals surface area contributed by atoms with Crippen molar-refractivity contribution in [2.24, 2.45) is 23.7 Å². The largest absolute Gasteiger partial charge is 0.490 e. The number of nitrogens with one attached hydrogen (secondary N) is 1. The maximum Gasteiger partial charge on any atom is 0.264 e. The average Bonchev–Trinajstić information content (AvgIpc) is 3.02.